The molecule has 3 aromatic rings. The highest BCUT2D eigenvalue weighted by molar-refractivity contribution is 5.82. The van der Waals surface area contributed by atoms with Crippen molar-refractivity contribution in [1.29, 1.82) is 0 Å². The predicted molar refractivity (Wildman–Crippen MR) is 79.7 cm³/mol. The van der Waals surface area contributed by atoms with Gasteiger partial charge in [0.2, 0.25) is 11.7 Å². The third-order valence-electron chi connectivity index (χ3n) is 3.36. The molecule has 1 N–H and O–H groups in total. The Labute approximate surface area is 122 Å². The molecule has 0 saturated heterocycles. The van der Waals surface area contributed by atoms with Crippen LogP contribution in [0.2, 0.25) is 0 Å². The second kappa shape index (κ2) is 6.01. The molecule has 0 fully saturated rings. The van der Waals surface area contributed by atoms with Crippen LogP contribution in [0.4, 0.5) is 0 Å². The van der Waals surface area contributed by atoms with Gasteiger partial charge in [0, 0.05) is 17.1 Å². The molecule has 0 aliphatic heterocycles. The molecule has 5 nitrogen and oxygen atoms in total. The van der Waals surface area contributed by atoms with Crippen molar-refractivity contribution < 1.29 is 9.63 Å². The van der Waals surface area contributed by atoms with Crippen LogP contribution in [0.5, 0.6) is 0 Å². The number of hydrogen-bond acceptors (Lipinski definition) is 5. The smallest absolute Gasteiger partial charge is 0.229 e. The second-order valence-electron chi connectivity index (χ2n) is 5.07. The Morgan fingerprint density at radius 1 is 1.29 bits per heavy atom. The first-order valence-electron chi connectivity index (χ1n) is 7.12. The first-order chi connectivity index (χ1) is 10.3. The summed E-state index contributed by atoms with van der Waals surface area (Å²) in [5.41, 5.74) is 1.82. The summed E-state index contributed by atoms with van der Waals surface area (Å²) in [6.45, 7) is 2.03. The minimum absolute atomic E-state index is 0.399. The van der Waals surface area contributed by atoms with Gasteiger partial charge >= 0.3 is 0 Å². The number of pyridine rings is 1. The maximum Gasteiger partial charge on any atom is 0.229 e. The molecule has 1 aromatic carbocycles. The maximum absolute atomic E-state index is 9.79. The molecule has 2 heterocycles. The zero-order chi connectivity index (χ0) is 14.7. The van der Waals surface area contributed by atoms with Crippen molar-refractivity contribution in [2.24, 2.45) is 0 Å². The topological polar surface area (TPSA) is 72.0 Å². The van der Waals surface area contributed by atoms with Crippen LogP contribution in [-0.4, -0.2) is 26.3 Å². The molecule has 0 spiro atoms. The van der Waals surface area contributed by atoms with Crippen molar-refractivity contribution in [2.45, 2.75) is 32.3 Å². The molecule has 0 aliphatic carbocycles. The van der Waals surface area contributed by atoms with Crippen molar-refractivity contribution >= 4 is 10.9 Å². The Bertz CT molecular complexity index is 739. The summed E-state index contributed by atoms with van der Waals surface area (Å²) in [4.78, 5) is 8.64. The monoisotopic (exact) mass is 283 g/mol. The van der Waals surface area contributed by atoms with E-state index >= 15 is 0 Å². The summed E-state index contributed by atoms with van der Waals surface area (Å²) in [6, 6.07) is 9.74. The third-order valence-corrected chi connectivity index (χ3v) is 3.36. The lowest BCUT2D eigenvalue weighted by Crippen LogP contribution is -2.09. The summed E-state index contributed by atoms with van der Waals surface area (Å²) in [7, 11) is 0. The van der Waals surface area contributed by atoms with Crippen LogP contribution < -0.4 is 0 Å². The molecule has 0 saturated carbocycles. The highest BCUT2D eigenvalue weighted by Gasteiger charge is 2.13. The Hall–Kier alpha value is -2.27. The van der Waals surface area contributed by atoms with Crippen LogP contribution in [0, 0.1) is 0 Å². The van der Waals surface area contributed by atoms with Crippen LogP contribution in [0.25, 0.3) is 22.3 Å². The first kappa shape index (κ1) is 13.7. The lowest BCUT2D eigenvalue weighted by atomic mass is 10.1. The maximum atomic E-state index is 9.79. The van der Waals surface area contributed by atoms with Crippen LogP contribution in [-0.2, 0) is 6.42 Å². The predicted octanol–water partition coefficient (Wildman–Crippen LogP) is 2.99. The molecule has 1 unspecified atom stereocenters. The van der Waals surface area contributed by atoms with E-state index in [4.69, 9.17) is 4.52 Å². The highest BCUT2D eigenvalue weighted by atomic mass is 16.5. The van der Waals surface area contributed by atoms with Gasteiger partial charge in [-0.1, -0.05) is 24.6 Å². The number of hydrogen-bond donors (Lipinski definition) is 1. The zero-order valence-electron chi connectivity index (χ0n) is 11.9. The van der Waals surface area contributed by atoms with E-state index in [-0.39, 0.29) is 0 Å². The van der Waals surface area contributed by atoms with Gasteiger partial charge < -0.3 is 9.63 Å². The molecule has 0 aliphatic rings. The van der Waals surface area contributed by atoms with Crippen molar-refractivity contribution in [3.8, 4) is 11.4 Å². The van der Waals surface area contributed by atoms with Gasteiger partial charge in [-0.05, 0) is 30.7 Å². The number of aliphatic hydroxyl groups excluding tert-OH is 1. The fraction of sp³-hybridized carbons (Fsp3) is 0.312. The van der Waals surface area contributed by atoms with Gasteiger partial charge in [0.15, 0.2) is 0 Å². The van der Waals surface area contributed by atoms with Crippen LogP contribution in [0.15, 0.2) is 41.1 Å². The minimum Gasteiger partial charge on any atom is -0.393 e. The molecular weight excluding hydrogens is 266 g/mol. The van der Waals surface area contributed by atoms with Gasteiger partial charge in [-0.2, -0.15) is 4.98 Å². The van der Waals surface area contributed by atoms with E-state index < -0.39 is 6.10 Å². The van der Waals surface area contributed by atoms with E-state index in [0.717, 1.165) is 29.3 Å². The van der Waals surface area contributed by atoms with Gasteiger partial charge in [-0.15, -0.1) is 0 Å². The highest BCUT2D eigenvalue weighted by Crippen LogP contribution is 2.21. The molecule has 5 heteroatoms. The number of nitrogens with zero attached hydrogens (tertiary/aromatic N) is 3. The Morgan fingerprint density at radius 3 is 3.05 bits per heavy atom. The molecule has 0 bridgehead atoms. The number of fused-ring (bicyclic) bond motifs is 1. The Morgan fingerprint density at radius 2 is 2.19 bits per heavy atom. The quantitative estimate of drug-likeness (QED) is 0.779. The number of aliphatic hydroxyl groups is 1. The summed E-state index contributed by atoms with van der Waals surface area (Å²) in [6.07, 6.45) is 3.41. The molecule has 0 radical (unpaired) electrons. The second-order valence-corrected chi connectivity index (χ2v) is 5.07. The van der Waals surface area contributed by atoms with Gasteiger partial charge in [0.05, 0.1) is 18.0 Å². The van der Waals surface area contributed by atoms with Gasteiger partial charge in [0.1, 0.15) is 0 Å². The minimum atomic E-state index is -0.427. The van der Waals surface area contributed by atoms with Crippen LogP contribution in [0.1, 0.15) is 25.7 Å². The largest absolute Gasteiger partial charge is 0.393 e. The van der Waals surface area contributed by atoms with E-state index in [1.54, 1.807) is 6.20 Å². The van der Waals surface area contributed by atoms with Gasteiger partial charge in [0.25, 0.3) is 0 Å². The summed E-state index contributed by atoms with van der Waals surface area (Å²) < 4.78 is 5.21. The summed E-state index contributed by atoms with van der Waals surface area (Å²) >= 11 is 0. The third kappa shape index (κ3) is 3.08. The van der Waals surface area contributed by atoms with Crippen LogP contribution >= 0.6 is 0 Å². The number of aromatic nitrogens is 3. The first-order valence-corrected chi connectivity index (χ1v) is 7.12. The lowest BCUT2D eigenvalue weighted by Gasteiger charge is -2.03. The lowest BCUT2D eigenvalue weighted by molar-refractivity contribution is 0.152. The SMILES string of the molecule is CCCC(O)Cc1nc(-c2ccc3ncccc3c2)no1. The van der Waals surface area contributed by atoms with E-state index in [1.807, 2.05) is 37.3 Å². The molecule has 0 amide bonds. The van der Waals surface area contributed by atoms with E-state index in [9.17, 15) is 5.11 Å². The zero-order valence-corrected chi connectivity index (χ0v) is 11.9. The number of rotatable bonds is 5. The fourth-order valence-electron chi connectivity index (χ4n) is 2.31. The Balaban J connectivity index is 1.84. The van der Waals surface area contributed by atoms with Crippen molar-refractivity contribution in [2.75, 3.05) is 0 Å². The van der Waals surface area contributed by atoms with Crippen LogP contribution in [0.3, 0.4) is 0 Å². The fourth-order valence-corrected chi connectivity index (χ4v) is 2.31. The number of benzene rings is 1. The normalized spacial score (nSPS) is 12.7. The van der Waals surface area contributed by atoms with E-state index in [0.29, 0.717) is 18.1 Å². The molecule has 21 heavy (non-hydrogen) atoms. The van der Waals surface area contributed by atoms with Crippen molar-refractivity contribution in [1.82, 2.24) is 15.1 Å². The average Bonchev–Trinajstić information content (AvgIpc) is 2.95. The molecular formula is C16H17N3O2. The summed E-state index contributed by atoms with van der Waals surface area (Å²) in [5, 5.41) is 14.8. The molecule has 2 aromatic heterocycles. The molecule has 3 rings (SSSR count). The standard InChI is InChI=1S/C16H17N3O2/c1-2-4-13(20)10-15-18-16(19-21-15)12-6-7-14-11(9-12)5-3-8-17-14/h3,5-9,13,20H,2,4,10H2,1H3. The van der Waals surface area contributed by atoms with Gasteiger partial charge in [-0.25, -0.2) is 0 Å². The molecule has 108 valence electrons. The summed E-state index contributed by atoms with van der Waals surface area (Å²) in [5.74, 6) is 1.01. The van der Waals surface area contributed by atoms with Crippen molar-refractivity contribution in [3.63, 3.8) is 0 Å². The van der Waals surface area contributed by atoms with E-state index in [2.05, 4.69) is 15.1 Å². The van der Waals surface area contributed by atoms with Crippen molar-refractivity contribution in [3.05, 3.63) is 42.4 Å². The average molecular weight is 283 g/mol. The Kier molecular flexibility index (Phi) is 3.92. The van der Waals surface area contributed by atoms with Gasteiger partial charge in [-0.3, -0.25) is 4.98 Å². The van der Waals surface area contributed by atoms with E-state index in [1.165, 1.54) is 0 Å². The molecule has 1 atom stereocenters.